The number of phosphoric acid groups is 2. The molecule has 0 saturated heterocycles. The standard InChI is InChI=1S/C82H160O17P2/c1-7-10-12-14-16-18-20-21-26-30-35-41-47-53-59-65-80(85)93-71-78(98-81(86)66-60-54-48-42-36-31-28-25-23-22-24-27-29-34-39-45-51-57-63-75(6)9-3)73-97-101(90,91)95-69-76(83)68-94-100(88,89)96-72-77(70-92-79(84)64-58-52-46-40-19-17-15-13-11-8-2)99-82(87)67-61-55-49-43-37-32-33-38-44-50-56-62-74(4)5/h74-78,83H,7-73H2,1-6H3,(H,88,89)(H,90,91)/t75?,76-,77+,78+/m0/s1. The fourth-order valence-corrected chi connectivity index (χ4v) is 14.3. The summed E-state index contributed by atoms with van der Waals surface area (Å²) >= 11 is 0. The van der Waals surface area contributed by atoms with E-state index >= 15 is 0 Å². The maximum Gasteiger partial charge on any atom is 0.472 e. The van der Waals surface area contributed by atoms with Gasteiger partial charge >= 0.3 is 39.5 Å². The Balaban J connectivity index is 5.21. The zero-order chi connectivity index (χ0) is 74.2. The van der Waals surface area contributed by atoms with Crippen LogP contribution in [0, 0.1) is 11.8 Å². The number of hydrogen-bond donors (Lipinski definition) is 3. The molecular weight excluding hydrogens is 1320 g/mol. The van der Waals surface area contributed by atoms with Gasteiger partial charge in [0.1, 0.15) is 19.3 Å². The number of aliphatic hydroxyl groups is 1. The Bertz CT molecular complexity index is 1940. The molecular formula is C82H160O17P2. The first-order valence-electron chi connectivity index (χ1n) is 42.5. The van der Waals surface area contributed by atoms with Crippen LogP contribution in [0.2, 0.25) is 0 Å². The fraction of sp³-hybridized carbons (Fsp3) is 0.951. The number of carbonyl (C=O) groups is 4. The number of carbonyl (C=O) groups excluding carboxylic acids is 4. The molecule has 0 fully saturated rings. The van der Waals surface area contributed by atoms with Crippen molar-refractivity contribution in [3.63, 3.8) is 0 Å². The van der Waals surface area contributed by atoms with E-state index in [0.717, 1.165) is 102 Å². The molecule has 3 unspecified atom stereocenters. The van der Waals surface area contributed by atoms with Crippen LogP contribution >= 0.6 is 15.6 Å². The average Bonchev–Trinajstić information content (AvgIpc) is 0.971. The van der Waals surface area contributed by atoms with Crippen LogP contribution in [0.4, 0.5) is 0 Å². The Morgan fingerprint density at radius 1 is 0.287 bits per heavy atom. The number of hydrogen-bond acceptors (Lipinski definition) is 15. The summed E-state index contributed by atoms with van der Waals surface area (Å²) in [5, 5.41) is 10.6. The summed E-state index contributed by atoms with van der Waals surface area (Å²) < 4.78 is 68.7. The highest BCUT2D eigenvalue weighted by Gasteiger charge is 2.30. The molecule has 0 rings (SSSR count). The Labute approximate surface area is 619 Å². The lowest BCUT2D eigenvalue weighted by Gasteiger charge is -2.21. The fourth-order valence-electron chi connectivity index (χ4n) is 12.7. The Morgan fingerprint density at radius 3 is 0.752 bits per heavy atom. The summed E-state index contributed by atoms with van der Waals surface area (Å²) in [6.07, 6.45) is 63.7. The van der Waals surface area contributed by atoms with Crippen molar-refractivity contribution in [1.82, 2.24) is 0 Å². The lowest BCUT2D eigenvalue weighted by Crippen LogP contribution is -2.30. The van der Waals surface area contributed by atoms with Crippen molar-refractivity contribution in [1.29, 1.82) is 0 Å². The number of ether oxygens (including phenoxy) is 4. The van der Waals surface area contributed by atoms with Crippen LogP contribution in [0.25, 0.3) is 0 Å². The van der Waals surface area contributed by atoms with E-state index in [4.69, 9.17) is 37.0 Å². The Morgan fingerprint density at radius 2 is 0.505 bits per heavy atom. The summed E-state index contributed by atoms with van der Waals surface area (Å²) in [6, 6.07) is 0. The number of aliphatic hydroxyl groups excluding tert-OH is 1. The molecule has 0 aliphatic heterocycles. The van der Waals surface area contributed by atoms with E-state index in [1.165, 1.54) is 250 Å². The third kappa shape index (κ3) is 74.7. The molecule has 0 aromatic rings. The molecule has 17 nitrogen and oxygen atoms in total. The van der Waals surface area contributed by atoms with E-state index in [-0.39, 0.29) is 25.7 Å². The minimum absolute atomic E-state index is 0.107. The van der Waals surface area contributed by atoms with E-state index in [1.54, 1.807) is 0 Å². The van der Waals surface area contributed by atoms with Gasteiger partial charge in [-0.3, -0.25) is 37.3 Å². The van der Waals surface area contributed by atoms with Crippen molar-refractivity contribution in [2.24, 2.45) is 11.8 Å². The van der Waals surface area contributed by atoms with Gasteiger partial charge in [0.25, 0.3) is 0 Å². The van der Waals surface area contributed by atoms with E-state index in [0.29, 0.717) is 25.7 Å². The molecule has 3 N–H and O–H groups in total. The second kappa shape index (κ2) is 73.6. The first-order chi connectivity index (χ1) is 48.9. The molecule has 0 aromatic heterocycles. The molecule has 19 heteroatoms. The van der Waals surface area contributed by atoms with Gasteiger partial charge in [-0.2, -0.15) is 0 Å². The van der Waals surface area contributed by atoms with Crippen LogP contribution in [0.5, 0.6) is 0 Å². The summed E-state index contributed by atoms with van der Waals surface area (Å²) in [4.78, 5) is 73.0. The summed E-state index contributed by atoms with van der Waals surface area (Å²) in [7, 11) is -9.92. The third-order valence-corrected chi connectivity index (χ3v) is 21.5. The zero-order valence-corrected chi connectivity index (χ0v) is 68.0. The maximum atomic E-state index is 13.1. The Kier molecular flexibility index (Phi) is 72.2. The van der Waals surface area contributed by atoms with Crippen LogP contribution < -0.4 is 0 Å². The van der Waals surface area contributed by atoms with Gasteiger partial charge in [0.05, 0.1) is 26.4 Å². The molecule has 101 heavy (non-hydrogen) atoms. The molecule has 0 aliphatic carbocycles. The van der Waals surface area contributed by atoms with E-state index in [1.807, 2.05) is 0 Å². The molecule has 0 amide bonds. The van der Waals surface area contributed by atoms with Gasteiger partial charge in [0.15, 0.2) is 12.2 Å². The largest absolute Gasteiger partial charge is 0.472 e. The molecule has 0 aliphatic rings. The normalized spacial score (nSPS) is 14.2. The predicted octanol–water partition coefficient (Wildman–Crippen LogP) is 24.7. The van der Waals surface area contributed by atoms with Crippen LogP contribution in [-0.4, -0.2) is 96.7 Å². The van der Waals surface area contributed by atoms with Crippen LogP contribution in [0.1, 0.15) is 433 Å². The van der Waals surface area contributed by atoms with Gasteiger partial charge < -0.3 is 33.8 Å². The molecule has 600 valence electrons. The zero-order valence-electron chi connectivity index (χ0n) is 66.2. The molecule has 0 radical (unpaired) electrons. The van der Waals surface area contributed by atoms with Gasteiger partial charge in [-0.05, 0) is 37.5 Å². The number of phosphoric ester groups is 2. The van der Waals surface area contributed by atoms with Crippen molar-refractivity contribution in [3.05, 3.63) is 0 Å². The van der Waals surface area contributed by atoms with Crippen molar-refractivity contribution in [2.45, 2.75) is 452 Å². The maximum absolute atomic E-state index is 13.1. The highest BCUT2D eigenvalue weighted by Crippen LogP contribution is 2.45. The molecule has 0 spiro atoms. The van der Waals surface area contributed by atoms with Crippen molar-refractivity contribution in [2.75, 3.05) is 39.6 Å². The first kappa shape index (κ1) is 99.1. The molecule has 0 aromatic carbocycles. The summed E-state index contributed by atoms with van der Waals surface area (Å²) in [5.74, 6) is -0.470. The van der Waals surface area contributed by atoms with Gasteiger partial charge in [-0.25, -0.2) is 9.13 Å². The lowest BCUT2D eigenvalue weighted by molar-refractivity contribution is -0.161. The smallest absolute Gasteiger partial charge is 0.462 e. The molecule has 0 bridgehead atoms. The second-order valence-corrected chi connectivity index (χ2v) is 33.1. The minimum atomic E-state index is -4.96. The van der Waals surface area contributed by atoms with Crippen LogP contribution in [-0.2, 0) is 65.4 Å². The first-order valence-corrected chi connectivity index (χ1v) is 45.5. The van der Waals surface area contributed by atoms with E-state index in [9.17, 15) is 43.2 Å². The van der Waals surface area contributed by atoms with Crippen molar-refractivity contribution < 1.29 is 80.2 Å². The number of esters is 4. The number of unbranched alkanes of at least 4 members (excludes halogenated alkanes) is 50. The van der Waals surface area contributed by atoms with Gasteiger partial charge in [0.2, 0.25) is 0 Å². The summed E-state index contributed by atoms with van der Waals surface area (Å²) in [6.45, 7) is 9.70. The summed E-state index contributed by atoms with van der Waals surface area (Å²) in [5.41, 5.74) is 0. The van der Waals surface area contributed by atoms with E-state index < -0.39 is 97.5 Å². The van der Waals surface area contributed by atoms with E-state index in [2.05, 4.69) is 41.5 Å². The van der Waals surface area contributed by atoms with Crippen LogP contribution in [0.15, 0.2) is 0 Å². The second-order valence-electron chi connectivity index (χ2n) is 30.2. The third-order valence-electron chi connectivity index (χ3n) is 19.6. The van der Waals surface area contributed by atoms with Gasteiger partial charge in [0, 0.05) is 25.7 Å². The quantitative estimate of drug-likeness (QED) is 0.0222. The van der Waals surface area contributed by atoms with Crippen molar-refractivity contribution in [3.8, 4) is 0 Å². The van der Waals surface area contributed by atoms with Gasteiger partial charge in [-0.15, -0.1) is 0 Å². The highest BCUT2D eigenvalue weighted by molar-refractivity contribution is 7.47. The number of rotatable bonds is 81. The molecule has 0 saturated carbocycles. The SMILES string of the molecule is CCCCCCCCCCCCCCCCCC(=O)OC[C@H](COP(=O)(O)OC[C@@H](O)COP(=O)(O)OC[C@@H](COC(=O)CCCCCCCCCCCC)OC(=O)CCCCCCCCCCCCCC(C)C)OC(=O)CCCCCCCCCCCCCCCCCCCCC(C)CC. The van der Waals surface area contributed by atoms with Crippen LogP contribution in [0.3, 0.4) is 0 Å². The molecule has 0 heterocycles. The van der Waals surface area contributed by atoms with Crippen molar-refractivity contribution >= 4 is 39.5 Å². The molecule has 6 atom stereocenters. The topological polar surface area (TPSA) is 237 Å². The monoisotopic (exact) mass is 1480 g/mol. The highest BCUT2D eigenvalue weighted by atomic mass is 31.2. The Hall–Kier alpha value is -1.94. The predicted molar refractivity (Wildman–Crippen MR) is 414 cm³/mol. The lowest BCUT2D eigenvalue weighted by atomic mass is 9.99. The minimum Gasteiger partial charge on any atom is -0.462 e. The average molecular weight is 1480 g/mol. The van der Waals surface area contributed by atoms with Gasteiger partial charge in [-0.1, -0.05) is 382 Å².